The van der Waals surface area contributed by atoms with Crippen LogP contribution in [0.2, 0.25) is 0 Å². The molecular formula is C20H29FN4O3. The minimum Gasteiger partial charge on any atom is -0.481 e. The molecule has 3 rings (SSSR count). The zero-order valence-electron chi connectivity index (χ0n) is 16.3. The Bertz CT molecular complexity index is 694. The first-order valence-electron chi connectivity index (χ1n) is 9.89. The van der Waals surface area contributed by atoms with Crippen molar-refractivity contribution in [2.75, 3.05) is 51.6 Å². The van der Waals surface area contributed by atoms with Gasteiger partial charge in [0.1, 0.15) is 5.82 Å². The number of nitrogens with one attached hydrogen (secondary N) is 1. The average molecular weight is 392 g/mol. The minimum atomic E-state index is -0.815. The molecule has 8 heteroatoms. The molecule has 2 aliphatic rings. The third-order valence-electron chi connectivity index (χ3n) is 5.83. The van der Waals surface area contributed by atoms with E-state index < -0.39 is 11.8 Å². The molecular weight excluding hydrogens is 363 g/mol. The first-order valence-corrected chi connectivity index (χ1v) is 9.89. The van der Waals surface area contributed by atoms with E-state index >= 15 is 0 Å². The predicted molar refractivity (Wildman–Crippen MR) is 105 cm³/mol. The number of likely N-dealkylation sites (N-methyl/N-ethyl adjacent to an activating group) is 1. The van der Waals surface area contributed by atoms with E-state index in [1.165, 1.54) is 12.1 Å². The third-order valence-corrected chi connectivity index (χ3v) is 5.83. The summed E-state index contributed by atoms with van der Waals surface area (Å²) in [6, 6.07) is 6.05. The number of piperidine rings is 1. The molecule has 0 aromatic heterocycles. The zero-order chi connectivity index (χ0) is 20.1. The lowest BCUT2D eigenvalue weighted by molar-refractivity contribution is -0.137. The van der Waals surface area contributed by atoms with Crippen LogP contribution in [0.1, 0.15) is 19.3 Å². The normalized spacial score (nSPS) is 24.1. The molecule has 0 radical (unpaired) electrons. The van der Waals surface area contributed by atoms with Gasteiger partial charge in [0.05, 0.1) is 5.69 Å². The molecule has 0 unspecified atom stereocenters. The minimum absolute atomic E-state index is 0.0949. The number of hydrogen-bond acceptors (Lipinski definition) is 4. The molecule has 1 aromatic carbocycles. The van der Waals surface area contributed by atoms with Gasteiger partial charge in [-0.25, -0.2) is 9.18 Å². The second kappa shape index (κ2) is 9.34. The molecule has 154 valence electrons. The summed E-state index contributed by atoms with van der Waals surface area (Å²) in [4.78, 5) is 30.2. The van der Waals surface area contributed by atoms with Gasteiger partial charge in [0.15, 0.2) is 0 Å². The monoisotopic (exact) mass is 392 g/mol. The fourth-order valence-electron chi connectivity index (χ4n) is 4.19. The van der Waals surface area contributed by atoms with E-state index in [-0.39, 0.29) is 30.1 Å². The number of urea groups is 1. The van der Waals surface area contributed by atoms with Gasteiger partial charge >= 0.3 is 12.0 Å². The topological polar surface area (TPSA) is 76.1 Å². The number of piperazine rings is 1. The first kappa shape index (κ1) is 20.5. The number of para-hydroxylation sites is 1. The Labute approximate surface area is 165 Å². The zero-order valence-corrected chi connectivity index (χ0v) is 16.3. The van der Waals surface area contributed by atoms with Crippen LogP contribution in [0.3, 0.4) is 0 Å². The molecule has 2 aliphatic heterocycles. The second-order valence-corrected chi connectivity index (χ2v) is 7.74. The van der Waals surface area contributed by atoms with Crippen molar-refractivity contribution in [3.63, 3.8) is 0 Å². The second-order valence-electron chi connectivity index (χ2n) is 7.74. The number of hydrogen-bond donors (Lipinski definition) is 2. The number of carbonyl (C=O) groups excluding carboxylic acids is 1. The van der Waals surface area contributed by atoms with E-state index in [1.54, 1.807) is 17.0 Å². The predicted octanol–water partition coefficient (Wildman–Crippen LogP) is 2.16. The van der Waals surface area contributed by atoms with Crippen molar-refractivity contribution in [2.45, 2.75) is 25.3 Å². The van der Waals surface area contributed by atoms with Crippen molar-refractivity contribution in [3.8, 4) is 0 Å². The number of benzene rings is 1. The largest absolute Gasteiger partial charge is 0.481 e. The number of likely N-dealkylation sites (tertiary alicyclic amines) is 1. The van der Waals surface area contributed by atoms with Gasteiger partial charge in [-0.05, 0) is 37.9 Å². The highest BCUT2D eigenvalue weighted by Gasteiger charge is 2.36. The molecule has 2 amide bonds. The van der Waals surface area contributed by atoms with Crippen molar-refractivity contribution in [2.24, 2.45) is 5.92 Å². The lowest BCUT2D eigenvalue weighted by atomic mass is 9.86. The van der Waals surface area contributed by atoms with E-state index in [0.717, 1.165) is 32.6 Å². The molecule has 0 aliphatic carbocycles. The van der Waals surface area contributed by atoms with Crippen LogP contribution < -0.4 is 5.32 Å². The van der Waals surface area contributed by atoms with E-state index in [4.69, 9.17) is 5.11 Å². The molecule has 2 saturated heterocycles. The number of aliphatic carboxylic acids is 1. The average Bonchev–Trinajstić information content (AvgIpc) is 2.68. The molecule has 7 nitrogen and oxygen atoms in total. The number of carboxylic acids is 1. The quantitative estimate of drug-likeness (QED) is 0.803. The van der Waals surface area contributed by atoms with Crippen LogP contribution in [-0.2, 0) is 4.79 Å². The molecule has 0 spiro atoms. The van der Waals surface area contributed by atoms with Crippen molar-refractivity contribution < 1.29 is 19.1 Å². The Kier molecular flexibility index (Phi) is 6.85. The van der Waals surface area contributed by atoms with Crippen molar-refractivity contribution in [1.29, 1.82) is 0 Å². The Morgan fingerprint density at radius 3 is 2.57 bits per heavy atom. The number of halogens is 1. The number of carboxylic acid groups (broad SMARTS) is 1. The standard InChI is InChI=1S/C20H29FN4O3/c1-23-10-12-24(13-11-23)18-8-9-25(14-15(18)6-7-19(26)27)20(28)22-17-5-3-2-4-16(17)21/h2-5,15,18H,6-14H2,1H3,(H,22,28)(H,26,27)/t15-,18+/m0/s1. The summed E-state index contributed by atoms with van der Waals surface area (Å²) >= 11 is 0. The highest BCUT2D eigenvalue weighted by Crippen LogP contribution is 2.28. The molecule has 0 saturated carbocycles. The van der Waals surface area contributed by atoms with Crippen LogP contribution in [0.4, 0.5) is 14.9 Å². The highest BCUT2D eigenvalue weighted by molar-refractivity contribution is 5.89. The van der Waals surface area contributed by atoms with Gasteiger partial charge in [-0.1, -0.05) is 12.1 Å². The maximum absolute atomic E-state index is 13.8. The summed E-state index contributed by atoms with van der Waals surface area (Å²) in [5.74, 6) is -1.18. The summed E-state index contributed by atoms with van der Waals surface area (Å²) in [5, 5.41) is 11.8. The Morgan fingerprint density at radius 2 is 1.89 bits per heavy atom. The SMILES string of the molecule is CN1CCN([C@@H]2CCN(C(=O)Nc3ccccc3F)C[C@@H]2CCC(=O)O)CC1. The summed E-state index contributed by atoms with van der Waals surface area (Å²) < 4.78 is 13.8. The van der Waals surface area contributed by atoms with Crippen LogP contribution in [0.15, 0.2) is 24.3 Å². The number of anilines is 1. The Hall–Kier alpha value is -2.19. The van der Waals surface area contributed by atoms with Crippen LogP contribution in [0.5, 0.6) is 0 Å². The molecule has 2 atom stereocenters. The fraction of sp³-hybridized carbons (Fsp3) is 0.600. The number of rotatable bonds is 5. The van der Waals surface area contributed by atoms with Gasteiger partial charge in [-0.2, -0.15) is 0 Å². The lowest BCUT2D eigenvalue weighted by Crippen LogP contribution is -2.57. The summed E-state index contributed by atoms with van der Waals surface area (Å²) in [6.45, 7) is 5.00. The van der Waals surface area contributed by atoms with E-state index in [2.05, 4.69) is 22.2 Å². The lowest BCUT2D eigenvalue weighted by Gasteiger charge is -2.46. The van der Waals surface area contributed by atoms with Gasteiger partial charge in [0, 0.05) is 51.7 Å². The van der Waals surface area contributed by atoms with Gasteiger partial charge in [-0.3, -0.25) is 9.69 Å². The maximum atomic E-state index is 13.8. The summed E-state index contributed by atoms with van der Waals surface area (Å²) in [7, 11) is 2.11. The van der Waals surface area contributed by atoms with E-state index in [9.17, 15) is 14.0 Å². The van der Waals surface area contributed by atoms with E-state index in [0.29, 0.717) is 19.5 Å². The number of carbonyl (C=O) groups is 2. The van der Waals surface area contributed by atoms with E-state index in [1.807, 2.05) is 0 Å². The summed E-state index contributed by atoms with van der Waals surface area (Å²) in [5.41, 5.74) is 0.163. The van der Waals surface area contributed by atoms with Gasteiger partial charge < -0.3 is 20.2 Å². The Balaban J connectivity index is 1.65. The molecule has 0 bridgehead atoms. The molecule has 28 heavy (non-hydrogen) atoms. The van der Waals surface area contributed by atoms with Crippen molar-refractivity contribution in [3.05, 3.63) is 30.1 Å². The van der Waals surface area contributed by atoms with Gasteiger partial charge in [0.25, 0.3) is 0 Å². The van der Waals surface area contributed by atoms with Crippen LogP contribution >= 0.6 is 0 Å². The number of nitrogens with zero attached hydrogens (tertiary/aromatic N) is 3. The van der Waals surface area contributed by atoms with Crippen LogP contribution in [0, 0.1) is 11.7 Å². The first-order chi connectivity index (χ1) is 13.4. The maximum Gasteiger partial charge on any atom is 0.321 e. The summed E-state index contributed by atoms with van der Waals surface area (Å²) in [6.07, 6.45) is 1.44. The van der Waals surface area contributed by atoms with Gasteiger partial charge in [-0.15, -0.1) is 0 Å². The molecule has 1 aromatic rings. The van der Waals surface area contributed by atoms with Crippen molar-refractivity contribution in [1.82, 2.24) is 14.7 Å². The highest BCUT2D eigenvalue weighted by atomic mass is 19.1. The Morgan fingerprint density at radius 1 is 1.18 bits per heavy atom. The third kappa shape index (κ3) is 5.20. The van der Waals surface area contributed by atoms with Crippen LogP contribution in [0.25, 0.3) is 0 Å². The van der Waals surface area contributed by atoms with Crippen LogP contribution in [-0.4, -0.2) is 84.2 Å². The molecule has 2 N–H and O–H groups in total. The molecule has 2 fully saturated rings. The fourth-order valence-corrected chi connectivity index (χ4v) is 4.19. The van der Waals surface area contributed by atoms with Gasteiger partial charge in [0.2, 0.25) is 0 Å². The van der Waals surface area contributed by atoms with Crippen molar-refractivity contribution >= 4 is 17.7 Å². The number of amides is 2. The molecule has 2 heterocycles. The smallest absolute Gasteiger partial charge is 0.321 e.